The van der Waals surface area contributed by atoms with Crippen LogP contribution in [0.25, 0.3) is 0 Å². The molecule has 1 aromatic carbocycles. The molecule has 4 heteroatoms. The molecule has 0 spiro atoms. The van der Waals surface area contributed by atoms with Crippen LogP contribution < -0.4 is 10.2 Å². The van der Waals surface area contributed by atoms with Crippen molar-refractivity contribution >= 4 is 11.5 Å². The molecule has 1 N–H and O–H groups in total. The molecule has 1 unspecified atom stereocenters. The predicted molar refractivity (Wildman–Crippen MR) is 74.9 cm³/mol. The van der Waals surface area contributed by atoms with E-state index < -0.39 is 5.95 Å². The maximum absolute atomic E-state index is 13.1. The summed E-state index contributed by atoms with van der Waals surface area (Å²) >= 11 is 0. The van der Waals surface area contributed by atoms with Crippen LogP contribution in [-0.4, -0.2) is 24.1 Å². The van der Waals surface area contributed by atoms with Gasteiger partial charge in [0.1, 0.15) is 5.82 Å². The van der Waals surface area contributed by atoms with Gasteiger partial charge in [-0.2, -0.15) is 4.39 Å². The fourth-order valence-corrected chi connectivity index (χ4v) is 2.43. The van der Waals surface area contributed by atoms with Crippen molar-refractivity contribution in [2.24, 2.45) is 0 Å². The number of aromatic nitrogens is 1. The van der Waals surface area contributed by atoms with Crippen LogP contribution in [0.1, 0.15) is 6.42 Å². The van der Waals surface area contributed by atoms with Gasteiger partial charge in [-0.25, -0.2) is 4.98 Å². The van der Waals surface area contributed by atoms with Crippen molar-refractivity contribution in [2.75, 3.05) is 23.3 Å². The molecule has 98 valence electrons. The van der Waals surface area contributed by atoms with Crippen LogP contribution in [-0.2, 0) is 0 Å². The van der Waals surface area contributed by atoms with Crippen LogP contribution in [0.3, 0.4) is 0 Å². The second kappa shape index (κ2) is 5.26. The summed E-state index contributed by atoms with van der Waals surface area (Å²) in [7, 11) is 0. The highest BCUT2D eigenvalue weighted by molar-refractivity contribution is 5.46. The highest BCUT2D eigenvalue weighted by atomic mass is 19.1. The number of rotatable bonds is 3. The van der Waals surface area contributed by atoms with Crippen LogP contribution in [0.2, 0.25) is 0 Å². The third kappa shape index (κ3) is 2.84. The molecule has 1 atom stereocenters. The maximum Gasteiger partial charge on any atom is 0.214 e. The van der Waals surface area contributed by atoms with Crippen LogP contribution in [0.5, 0.6) is 0 Å². The molecule has 1 aliphatic rings. The van der Waals surface area contributed by atoms with Gasteiger partial charge in [0, 0.05) is 24.8 Å². The van der Waals surface area contributed by atoms with Crippen LogP contribution in [0.15, 0.2) is 48.5 Å². The van der Waals surface area contributed by atoms with Gasteiger partial charge in [-0.1, -0.05) is 24.3 Å². The molecule has 0 amide bonds. The minimum Gasteiger partial charge on any atom is -0.380 e. The fraction of sp³-hybridized carbons (Fsp3) is 0.267. The lowest BCUT2D eigenvalue weighted by Gasteiger charge is -2.18. The lowest BCUT2D eigenvalue weighted by atomic mass is 10.2. The fourth-order valence-electron chi connectivity index (χ4n) is 2.43. The Morgan fingerprint density at radius 1 is 1.11 bits per heavy atom. The summed E-state index contributed by atoms with van der Waals surface area (Å²) in [5.41, 5.74) is 1.13. The number of hydrogen-bond donors (Lipinski definition) is 1. The Balaban J connectivity index is 1.64. The van der Waals surface area contributed by atoms with E-state index in [2.05, 4.69) is 27.3 Å². The highest BCUT2D eigenvalue weighted by Crippen LogP contribution is 2.20. The molecular weight excluding hydrogens is 241 g/mol. The highest BCUT2D eigenvalue weighted by Gasteiger charge is 2.23. The lowest BCUT2D eigenvalue weighted by molar-refractivity contribution is 0.582. The summed E-state index contributed by atoms with van der Waals surface area (Å²) < 4.78 is 13.1. The van der Waals surface area contributed by atoms with E-state index in [4.69, 9.17) is 0 Å². The third-order valence-electron chi connectivity index (χ3n) is 3.36. The van der Waals surface area contributed by atoms with E-state index >= 15 is 0 Å². The first-order chi connectivity index (χ1) is 9.31. The van der Waals surface area contributed by atoms with E-state index in [1.807, 2.05) is 24.3 Å². The molecule has 2 heterocycles. The average molecular weight is 257 g/mol. The van der Waals surface area contributed by atoms with Crippen molar-refractivity contribution in [3.8, 4) is 0 Å². The van der Waals surface area contributed by atoms with Crippen molar-refractivity contribution < 1.29 is 4.39 Å². The molecule has 1 aromatic heterocycles. The van der Waals surface area contributed by atoms with E-state index in [1.54, 1.807) is 6.07 Å². The lowest BCUT2D eigenvalue weighted by Crippen LogP contribution is -2.26. The van der Waals surface area contributed by atoms with E-state index in [-0.39, 0.29) is 0 Å². The summed E-state index contributed by atoms with van der Waals surface area (Å²) in [5, 5.41) is 3.49. The van der Waals surface area contributed by atoms with E-state index in [1.165, 1.54) is 6.07 Å². The van der Waals surface area contributed by atoms with Crippen molar-refractivity contribution in [2.45, 2.75) is 12.5 Å². The Kier molecular flexibility index (Phi) is 3.31. The van der Waals surface area contributed by atoms with Crippen molar-refractivity contribution in [1.29, 1.82) is 0 Å². The first kappa shape index (κ1) is 12.0. The summed E-state index contributed by atoms with van der Waals surface area (Å²) in [6.45, 7) is 1.76. The van der Waals surface area contributed by atoms with Gasteiger partial charge >= 0.3 is 0 Å². The Morgan fingerprint density at radius 3 is 2.74 bits per heavy atom. The molecule has 1 saturated heterocycles. The van der Waals surface area contributed by atoms with Gasteiger partial charge in [0.25, 0.3) is 0 Å². The number of para-hydroxylation sites is 1. The molecule has 3 rings (SSSR count). The van der Waals surface area contributed by atoms with Gasteiger partial charge < -0.3 is 10.2 Å². The number of nitrogens with one attached hydrogen (secondary N) is 1. The summed E-state index contributed by atoms with van der Waals surface area (Å²) in [6.07, 6.45) is 1.03. The van der Waals surface area contributed by atoms with Crippen molar-refractivity contribution in [1.82, 2.24) is 4.98 Å². The molecule has 0 radical (unpaired) electrons. The maximum atomic E-state index is 13.1. The number of anilines is 2. The van der Waals surface area contributed by atoms with Crippen LogP contribution in [0.4, 0.5) is 15.9 Å². The van der Waals surface area contributed by atoms with E-state index in [9.17, 15) is 4.39 Å². The molecule has 2 aromatic rings. The number of benzene rings is 1. The number of pyridine rings is 1. The number of nitrogens with zero attached hydrogens (tertiary/aromatic N) is 2. The molecule has 19 heavy (non-hydrogen) atoms. The van der Waals surface area contributed by atoms with Gasteiger partial charge in [-0.3, -0.25) is 0 Å². The monoisotopic (exact) mass is 257 g/mol. The second-order valence-electron chi connectivity index (χ2n) is 4.76. The summed E-state index contributed by atoms with van der Waals surface area (Å²) in [6, 6.07) is 15.5. The largest absolute Gasteiger partial charge is 0.380 e. The van der Waals surface area contributed by atoms with Gasteiger partial charge in [0.15, 0.2) is 0 Å². The first-order valence-corrected chi connectivity index (χ1v) is 6.50. The Hall–Kier alpha value is -2.10. The number of hydrogen-bond acceptors (Lipinski definition) is 3. The normalized spacial score (nSPS) is 18.6. The molecule has 1 fully saturated rings. The van der Waals surface area contributed by atoms with E-state index in [0.29, 0.717) is 6.04 Å². The van der Waals surface area contributed by atoms with Crippen LogP contribution >= 0.6 is 0 Å². The second-order valence-corrected chi connectivity index (χ2v) is 4.76. The standard InChI is InChI=1S/C15H16FN3/c16-14-7-4-8-15(18-14)19-10-9-13(11-19)17-12-5-2-1-3-6-12/h1-8,13,17H,9-11H2. The topological polar surface area (TPSA) is 28.2 Å². The minimum atomic E-state index is -0.419. The quantitative estimate of drug-likeness (QED) is 0.857. The molecule has 1 aliphatic heterocycles. The third-order valence-corrected chi connectivity index (χ3v) is 3.36. The summed E-state index contributed by atoms with van der Waals surface area (Å²) in [5.74, 6) is 0.300. The molecule has 0 aliphatic carbocycles. The molecule has 3 nitrogen and oxygen atoms in total. The van der Waals surface area contributed by atoms with Crippen LogP contribution in [0, 0.1) is 5.95 Å². The number of halogens is 1. The first-order valence-electron chi connectivity index (χ1n) is 6.50. The Labute approximate surface area is 112 Å². The van der Waals surface area contributed by atoms with Crippen molar-refractivity contribution in [3.05, 3.63) is 54.5 Å². The molecular formula is C15H16FN3. The molecule has 0 saturated carbocycles. The zero-order valence-corrected chi connectivity index (χ0v) is 10.6. The van der Waals surface area contributed by atoms with Crippen molar-refractivity contribution in [3.63, 3.8) is 0 Å². The van der Waals surface area contributed by atoms with Gasteiger partial charge in [0.2, 0.25) is 5.95 Å². The minimum absolute atomic E-state index is 0.382. The van der Waals surface area contributed by atoms with Gasteiger partial charge in [-0.05, 0) is 30.7 Å². The zero-order valence-electron chi connectivity index (χ0n) is 10.6. The average Bonchev–Trinajstić information content (AvgIpc) is 2.88. The van der Waals surface area contributed by atoms with Gasteiger partial charge in [-0.15, -0.1) is 0 Å². The predicted octanol–water partition coefficient (Wildman–Crippen LogP) is 2.91. The smallest absolute Gasteiger partial charge is 0.214 e. The Bertz CT molecular complexity index is 544. The Morgan fingerprint density at radius 2 is 1.95 bits per heavy atom. The zero-order chi connectivity index (χ0) is 13.1. The molecule has 0 bridgehead atoms. The van der Waals surface area contributed by atoms with Gasteiger partial charge in [0.05, 0.1) is 0 Å². The summed E-state index contributed by atoms with van der Waals surface area (Å²) in [4.78, 5) is 6.04. The van der Waals surface area contributed by atoms with E-state index in [0.717, 1.165) is 31.0 Å². The SMILES string of the molecule is Fc1cccc(N2CCC(Nc3ccccc3)C2)n1.